The molecule has 1 aliphatic carbocycles. The average molecular weight is 180 g/mol. The molecule has 72 valence electrons. The van der Waals surface area contributed by atoms with Gasteiger partial charge in [0.2, 0.25) is 0 Å². The number of hydrogen-bond acceptors (Lipinski definition) is 2. The number of aliphatic hydroxyl groups is 1. The standard InChI is InChI=1S/C10H16N2O/c13-10(5-2-1-3-6-10)9-12-8-4-7-11-12/h4,7-8,13H,1-3,5-6,9H2. The van der Waals surface area contributed by atoms with Crippen LogP contribution in [-0.4, -0.2) is 20.5 Å². The van der Waals surface area contributed by atoms with Crippen molar-refractivity contribution in [2.75, 3.05) is 0 Å². The van der Waals surface area contributed by atoms with Crippen LogP contribution >= 0.6 is 0 Å². The van der Waals surface area contributed by atoms with Gasteiger partial charge in [0.15, 0.2) is 0 Å². The van der Waals surface area contributed by atoms with Gasteiger partial charge in [-0.2, -0.15) is 5.10 Å². The fraction of sp³-hybridized carbons (Fsp3) is 0.700. The van der Waals surface area contributed by atoms with Crippen LogP contribution in [0.3, 0.4) is 0 Å². The molecule has 0 radical (unpaired) electrons. The van der Waals surface area contributed by atoms with Gasteiger partial charge in [0, 0.05) is 12.4 Å². The lowest BCUT2D eigenvalue weighted by Crippen LogP contribution is -2.36. The zero-order chi connectivity index (χ0) is 9.15. The van der Waals surface area contributed by atoms with Crippen LogP contribution in [-0.2, 0) is 6.54 Å². The van der Waals surface area contributed by atoms with Crippen LogP contribution in [0.4, 0.5) is 0 Å². The molecule has 2 rings (SSSR count). The Balaban J connectivity index is 1.99. The van der Waals surface area contributed by atoms with Crippen LogP contribution < -0.4 is 0 Å². The van der Waals surface area contributed by atoms with E-state index in [2.05, 4.69) is 5.10 Å². The number of aromatic nitrogens is 2. The van der Waals surface area contributed by atoms with Gasteiger partial charge in [0.25, 0.3) is 0 Å². The van der Waals surface area contributed by atoms with E-state index in [0.29, 0.717) is 6.54 Å². The summed E-state index contributed by atoms with van der Waals surface area (Å²) in [7, 11) is 0. The fourth-order valence-electron chi connectivity index (χ4n) is 2.06. The smallest absolute Gasteiger partial charge is 0.0842 e. The van der Waals surface area contributed by atoms with Crippen molar-refractivity contribution in [2.45, 2.75) is 44.2 Å². The second kappa shape index (κ2) is 3.50. The minimum atomic E-state index is -0.496. The maximum atomic E-state index is 10.2. The maximum absolute atomic E-state index is 10.2. The van der Waals surface area contributed by atoms with Crippen molar-refractivity contribution >= 4 is 0 Å². The molecule has 1 aliphatic rings. The van der Waals surface area contributed by atoms with Crippen LogP contribution in [0.15, 0.2) is 18.5 Å². The molecule has 1 fully saturated rings. The molecule has 0 atom stereocenters. The van der Waals surface area contributed by atoms with Crippen molar-refractivity contribution < 1.29 is 5.11 Å². The Morgan fingerprint density at radius 3 is 2.69 bits per heavy atom. The quantitative estimate of drug-likeness (QED) is 0.750. The summed E-state index contributed by atoms with van der Waals surface area (Å²) in [5.41, 5.74) is -0.496. The van der Waals surface area contributed by atoms with Gasteiger partial charge in [0.05, 0.1) is 12.1 Å². The lowest BCUT2D eigenvalue weighted by atomic mass is 9.85. The van der Waals surface area contributed by atoms with Gasteiger partial charge in [-0.25, -0.2) is 0 Å². The summed E-state index contributed by atoms with van der Waals surface area (Å²) in [6, 6.07) is 1.90. The fourth-order valence-corrected chi connectivity index (χ4v) is 2.06. The molecule has 3 nitrogen and oxygen atoms in total. The van der Waals surface area contributed by atoms with Gasteiger partial charge in [-0.05, 0) is 18.9 Å². The molecule has 1 heterocycles. The summed E-state index contributed by atoms with van der Waals surface area (Å²) >= 11 is 0. The molecule has 0 aromatic carbocycles. The molecule has 13 heavy (non-hydrogen) atoms. The lowest BCUT2D eigenvalue weighted by Gasteiger charge is -2.31. The SMILES string of the molecule is OC1(Cn2cccn2)CCCCC1. The Bertz CT molecular complexity index is 250. The lowest BCUT2D eigenvalue weighted by molar-refractivity contribution is -0.0142. The molecule has 0 aliphatic heterocycles. The van der Waals surface area contributed by atoms with Crippen molar-refractivity contribution in [3.05, 3.63) is 18.5 Å². The summed E-state index contributed by atoms with van der Waals surface area (Å²) in [6.07, 6.45) is 9.08. The first-order valence-corrected chi connectivity index (χ1v) is 4.98. The first kappa shape index (κ1) is 8.75. The third kappa shape index (κ3) is 2.10. The van der Waals surface area contributed by atoms with Gasteiger partial charge in [-0.1, -0.05) is 19.3 Å². The van der Waals surface area contributed by atoms with Crippen molar-refractivity contribution in [3.8, 4) is 0 Å². The Morgan fingerprint density at radius 2 is 2.08 bits per heavy atom. The first-order valence-electron chi connectivity index (χ1n) is 4.98. The number of nitrogens with zero attached hydrogens (tertiary/aromatic N) is 2. The summed E-state index contributed by atoms with van der Waals surface area (Å²) in [4.78, 5) is 0. The molecule has 0 amide bonds. The van der Waals surface area contributed by atoms with Gasteiger partial charge in [0.1, 0.15) is 0 Å². The highest BCUT2D eigenvalue weighted by Crippen LogP contribution is 2.29. The number of hydrogen-bond donors (Lipinski definition) is 1. The molecule has 1 aromatic rings. The summed E-state index contributed by atoms with van der Waals surface area (Å²) in [5, 5.41) is 14.3. The van der Waals surface area contributed by atoms with Gasteiger partial charge >= 0.3 is 0 Å². The molecular weight excluding hydrogens is 164 g/mol. The van der Waals surface area contributed by atoms with E-state index < -0.39 is 5.60 Å². The monoisotopic (exact) mass is 180 g/mol. The molecule has 1 aromatic heterocycles. The molecule has 1 N–H and O–H groups in total. The Hall–Kier alpha value is -0.830. The van der Waals surface area contributed by atoms with E-state index in [1.807, 2.05) is 16.9 Å². The van der Waals surface area contributed by atoms with Crippen LogP contribution in [0, 0.1) is 0 Å². The highest BCUT2D eigenvalue weighted by atomic mass is 16.3. The Kier molecular flexibility index (Phi) is 2.36. The maximum Gasteiger partial charge on any atom is 0.0842 e. The highest BCUT2D eigenvalue weighted by Gasteiger charge is 2.29. The topological polar surface area (TPSA) is 38.0 Å². The molecule has 0 bridgehead atoms. The first-order chi connectivity index (χ1) is 6.29. The Morgan fingerprint density at radius 1 is 1.31 bits per heavy atom. The van der Waals surface area contributed by atoms with E-state index in [-0.39, 0.29) is 0 Å². The van der Waals surface area contributed by atoms with Crippen molar-refractivity contribution in [1.82, 2.24) is 9.78 Å². The minimum Gasteiger partial charge on any atom is -0.388 e. The van der Waals surface area contributed by atoms with Crippen LogP contribution in [0.5, 0.6) is 0 Å². The van der Waals surface area contributed by atoms with Crippen LogP contribution in [0.25, 0.3) is 0 Å². The zero-order valence-corrected chi connectivity index (χ0v) is 7.82. The predicted molar refractivity (Wildman–Crippen MR) is 50.3 cm³/mol. The van der Waals surface area contributed by atoms with E-state index in [0.717, 1.165) is 25.7 Å². The van der Waals surface area contributed by atoms with E-state index in [4.69, 9.17) is 0 Å². The molecule has 0 unspecified atom stereocenters. The summed E-state index contributed by atoms with van der Waals surface area (Å²) in [6.45, 7) is 0.653. The third-order valence-electron chi connectivity index (χ3n) is 2.80. The normalized spacial score (nSPS) is 21.6. The second-order valence-electron chi connectivity index (χ2n) is 3.99. The molecule has 0 spiro atoms. The minimum absolute atomic E-state index is 0.496. The third-order valence-corrected chi connectivity index (χ3v) is 2.80. The van der Waals surface area contributed by atoms with E-state index in [1.54, 1.807) is 6.20 Å². The Labute approximate surface area is 78.4 Å². The van der Waals surface area contributed by atoms with Crippen molar-refractivity contribution in [2.24, 2.45) is 0 Å². The van der Waals surface area contributed by atoms with Crippen molar-refractivity contribution in [1.29, 1.82) is 0 Å². The van der Waals surface area contributed by atoms with Crippen molar-refractivity contribution in [3.63, 3.8) is 0 Å². The zero-order valence-electron chi connectivity index (χ0n) is 7.82. The van der Waals surface area contributed by atoms with Crippen LogP contribution in [0.2, 0.25) is 0 Å². The van der Waals surface area contributed by atoms with Gasteiger partial charge < -0.3 is 5.11 Å². The van der Waals surface area contributed by atoms with E-state index in [9.17, 15) is 5.11 Å². The average Bonchev–Trinajstić information content (AvgIpc) is 2.57. The van der Waals surface area contributed by atoms with E-state index >= 15 is 0 Å². The molecular formula is C10H16N2O. The summed E-state index contributed by atoms with van der Waals surface area (Å²) in [5.74, 6) is 0. The van der Waals surface area contributed by atoms with Gasteiger partial charge in [-0.3, -0.25) is 4.68 Å². The second-order valence-corrected chi connectivity index (χ2v) is 3.99. The van der Waals surface area contributed by atoms with E-state index in [1.165, 1.54) is 6.42 Å². The molecule has 3 heteroatoms. The largest absolute Gasteiger partial charge is 0.388 e. The predicted octanol–water partition coefficient (Wildman–Crippen LogP) is 1.58. The molecule has 0 saturated heterocycles. The van der Waals surface area contributed by atoms with Crippen LogP contribution in [0.1, 0.15) is 32.1 Å². The van der Waals surface area contributed by atoms with Gasteiger partial charge in [-0.15, -0.1) is 0 Å². The number of rotatable bonds is 2. The summed E-state index contributed by atoms with van der Waals surface area (Å²) < 4.78 is 1.82. The highest BCUT2D eigenvalue weighted by molar-refractivity contribution is 4.85. The molecule has 1 saturated carbocycles.